The summed E-state index contributed by atoms with van der Waals surface area (Å²) < 4.78 is 1.85. The van der Waals surface area contributed by atoms with Crippen molar-refractivity contribution in [3.8, 4) is 0 Å². The molecule has 2 aromatic rings. The van der Waals surface area contributed by atoms with E-state index in [0.29, 0.717) is 6.04 Å². The molecule has 4 nitrogen and oxygen atoms in total. The minimum atomic E-state index is 0.301. The van der Waals surface area contributed by atoms with E-state index >= 15 is 0 Å². The standard InChI is InChI=1S/C10H14N4/c1-6(2)14-10-9(12-13-14)5-7(3)8(4)11-10/h5-6H,1-4H3. The predicted molar refractivity (Wildman–Crippen MR) is 55.2 cm³/mol. The normalized spacial score (nSPS) is 11.5. The molecule has 14 heavy (non-hydrogen) atoms. The maximum Gasteiger partial charge on any atom is 0.178 e. The summed E-state index contributed by atoms with van der Waals surface area (Å²) in [6.07, 6.45) is 0. The topological polar surface area (TPSA) is 43.6 Å². The van der Waals surface area contributed by atoms with Gasteiger partial charge in [-0.25, -0.2) is 9.67 Å². The first-order chi connectivity index (χ1) is 6.59. The summed E-state index contributed by atoms with van der Waals surface area (Å²) in [5.41, 5.74) is 3.96. The average molecular weight is 190 g/mol. The van der Waals surface area contributed by atoms with Crippen molar-refractivity contribution in [1.29, 1.82) is 0 Å². The largest absolute Gasteiger partial charge is 0.232 e. The zero-order valence-electron chi connectivity index (χ0n) is 8.94. The molecule has 2 aromatic heterocycles. The minimum Gasteiger partial charge on any atom is -0.232 e. The summed E-state index contributed by atoms with van der Waals surface area (Å²) in [6, 6.07) is 2.33. The Labute approximate surface area is 83.0 Å². The number of aryl methyl sites for hydroxylation is 2. The van der Waals surface area contributed by atoms with Crippen molar-refractivity contribution < 1.29 is 0 Å². The number of rotatable bonds is 1. The lowest BCUT2D eigenvalue weighted by atomic mass is 10.2. The number of hydrogen-bond acceptors (Lipinski definition) is 3. The first-order valence-electron chi connectivity index (χ1n) is 4.78. The Morgan fingerprint density at radius 2 is 2.00 bits per heavy atom. The first kappa shape index (κ1) is 9.12. The molecule has 0 atom stereocenters. The number of aromatic nitrogens is 4. The van der Waals surface area contributed by atoms with E-state index in [2.05, 4.69) is 29.1 Å². The van der Waals surface area contributed by atoms with Crippen LogP contribution in [-0.4, -0.2) is 20.0 Å². The Balaban J connectivity index is 2.74. The second kappa shape index (κ2) is 3.04. The molecule has 0 aromatic carbocycles. The summed E-state index contributed by atoms with van der Waals surface area (Å²) in [5.74, 6) is 0. The third-order valence-corrected chi connectivity index (χ3v) is 2.38. The maximum atomic E-state index is 4.49. The van der Waals surface area contributed by atoms with Crippen LogP contribution in [0.25, 0.3) is 11.2 Å². The van der Waals surface area contributed by atoms with Gasteiger partial charge in [-0.1, -0.05) is 5.21 Å². The third kappa shape index (κ3) is 1.27. The SMILES string of the molecule is Cc1cc2nnn(C(C)C)c2nc1C. The van der Waals surface area contributed by atoms with Crippen LogP contribution in [0.1, 0.15) is 31.1 Å². The van der Waals surface area contributed by atoms with Gasteiger partial charge in [-0.15, -0.1) is 5.10 Å². The molecule has 0 spiro atoms. The van der Waals surface area contributed by atoms with E-state index in [1.807, 2.05) is 24.6 Å². The van der Waals surface area contributed by atoms with E-state index < -0.39 is 0 Å². The van der Waals surface area contributed by atoms with Crippen LogP contribution in [-0.2, 0) is 0 Å². The van der Waals surface area contributed by atoms with Gasteiger partial charge in [-0.05, 0) is 39.3 Å². The van der Waals surface area contributed by atoms with Crippen molar-refractivity contribution in [1.82, 2.24) is 20.0 Å². The molecule has 0 radical (unpaired) electrons. The fraction of sp³-hybridized carbons (Fsp3) is 0.500. The van der Waals surface area contributed by atoms with E-state index in [9.17, 15) is 0 Å². The Kier molecular flexibility index (Phi) is 1.98. The molecule has 0 bridgehead atoms. The Morgan fingerprint density at radius 1 is 1.29 bits per heavy atom. The molecule has 0 N–H and O–H groups in total. The quantitative estimate of drug-likeness (QED) is 0.691. The Bertz CT molecular complexity index is 470. The lowest BCUT2D eigenvalue weighted by Crippen LogP contribution is -2.04. The molecule has 0 amide bonds. The molecule has 0 unspecified atom stereocenters. The summed E-state index contributed by atoms with van der Waals surface area (Å²) in [4.78, 5) is 4.49. The van der Waals surface area contributed by atoms with Crippen LogP contribution >= 0.6 is 0 Å². The van der Waals surface area contributed by atoms with Gasteiger partial charge >= 0.3 is 0 Å². The molecule has 2 heterocycles. The van der Waals surface area contributed by atoms with Crippen LogP contribution in [0.15, 0.2) is 6.07 Å². The van der Waals surface area contributed by atoms with Gasteiger partial charge < -0.3 is 0 Å². The molecule has 74 valence electrons. The number of fused-ring (bicyclic) bond motifs is 1. The van der Waals surface area contributed by atoms with Gasteiger partial charge in [0, 0.05) is 5.69 Å². The second-order valence-corrected chi connectivity index (χ2v) is 3.86. The van der Waals surface area contributed by atoms with E-state index in [4.69, 9.17) is 0 Å². The van der Waals surface area contributed by atoms with Crippen LogP contribution in [0.3, 0.4) is 0 Å². The van der Waals surface area contributed by atoms with Crippen LogP contribution in [0, 0.1) is 13.8 Å². The zero-order valence-corrected chi connectivity index (χ0v) is 8.94. The van der Waals surface area contributed by atoms with Crippen molar-refractivity contribution in [3.05, 3.63) is 17.3 Å². The average Bonchev–Trinajstić information content (AvgIpc) is 2.48. The van der Waals surface area contributed by atoms with E-state index in [-0.39, 0.29) is 0 Å². The highest BCUT2D eigenvalue weighted by molar-refractivity contribution is 5.70. The van der Waals surface area contributed by atoms with Gasteiger partial charge in [0.25, 0.3) is 0 Å². The first-order valence-corrected chi connectivity index (χ1v) is 4.78. The van der Waals surface area contributed by atoms with Gasteiger partial charge in [0.2, 0.25) is 0 Å². The van der Waals surface area contributed by atoms with Crippen molar-refractivity contribution in [2.45, 2.75) is 33.7 Å². The van der Waals surface area contributed by atoms with E-state index in [1.165, 1.54) is 0 Å². The predicted octanol–water partition coefficient (Wildman–Crippen LogP) is 2.02. The maximum absolute atomic E-state index is 4.49. The molecule has 4 heteroatoms. The summed E-state index contributed by atoms with van der Waals surface area (Å²) in [7, 11) is 0. The van der Waals surface area contributed by atoms with E-state index in [1.54, 1.807) is 0 Å². The van der Waals surface area contributed by atoms with Crippen molar-refractivity contribution in [2.24, 2.45) is 0 Å². The van der Waals surface area contributed by atoms with Crippen molar-refractivity contribution >= 4 is 11.2 Å². The van der Waals surface area contributed by atoms with Crippen LogP contribution in [0.5, 0.6) is 0 Å². The van der Waals surface area contributed by atoms with E-state index in [0.717, 1.165) is 22.4 Å². The zero-order chi connectivity index (χ0) is 10.3. The third-order valence-electron chi connectivity index (χ3n) is 2.38. The van der Waals surface area contributed by atoms with Crippen LogP contribution in [0.4, 0.5) is 0 Å². The van der Waals surface area contributed by atoms with Crippen LogP contribution in [0.2, 0.25) is 0 Å². The summed E-state index contributed by atoms with van der Waals surface area (Å²) in [6.45, 7) is 8.19. The second-order valence-electron chi connectivity index (χ2n) is 3.86. The molecule has 0 aliphatic heterocycles. The number of nitrogens with zero attached hydrogens (tertiary/aromatic N) is 4. The molecule has 0 saturated heterocycles. The number of hydrogen-bond donors (Lipinski definition) is 0. The van der Waals surface area contributed by atoms with Gasteiger partial charge in [-0.3, -0.25) is 0 Å². The van der Waals surface area contributed by atoms with Gasteiger partial charge in [0.15, 0.2) is 5.65 Å². The lowest BCUT2D eigenvalue weighted by molar-refractivity contribution is 0.526. The Morgan fingerprint density at radius 3 is 2.64 bits per heavy atom. The molecule has 0 fully saturated rings. The fourth-order valence-electron chi connectivity index (χ4n) is 1.41. The Hall–Kier alpha value is -1.45. The highest BCUT2D eigenvalue weighted by Gasteiger charge is 2.09. The fourth-order valence-corrected chi connectivity index (χ4v) is 1.41. The monoisotopic (exact) mass is 190 g/mol. The van der Waals surface area contributed by atoms with Crippen molar-refractivity contribution in [3.63, 3.8) is 0 Å². The highest BCUT2D eigenvalue weighted by Crippen LogP contribution is 2.16. The van der Waals surface area contributed by atoms with Gasteiger partial charge in [-0.2, -0.15) is 0 Å². The minimum absolute atomic E-state index is 0.301. The smallest absolute Gasteiger partial charge is 0.178 e. The molecular weight excluding hydrogens is 176 g/mol. The molecular formula is C10H14N4. The van der Waals surface area contributed by atoms with Crippen molar-refractivity contribution in [2.75, 3.05) is 0 Å². The number of pyridine rings is 1. The summed E-state index contributed by atoms with van der Waals surface area (Å²) in [5, 5.41) is 8.17. The molecule has 0 aliphatic rings. The van der Waals surface area contributed by atoms with Crippen LogP contribution < -0.4 is 0 Å². The van der Waals surface area contributed by atoms with Gasteiger partial charge in [0.05, 0.1) is 6.04 Å². The molecule has 0 aliphatic carbocycles. The summed E-state index contributed by atoms with van der Waals surface area (Å²) >= 11 is 0. The lowest BCUT2D eigenvalue weighted by Gasteiger charge is -2.05. The molecule has 2 rings (SSSR count). The van der Waals surface area contributed by atoms with Gasteiger partial charge in [0.1, 0.15) is 5.52 Å². The highest BCUT2D eigenvalue weighted by atomic mass is 15.4. The molecule has 0 saturated carbocycles.